The van der Waals surface area contributed by atoms with Crippen LogP contribution in [0.5, 0.6) is 0 Å². The molecule has 1 heterocycles. The van der Waals surface area contributed by atoms with Gasteiger partial charge in [0.1, 0.15) is 6.07 Å². The molecule has 3 rings (SSSR count). The number of nitrogens with one attached hydrogen (secondary N) is 2. The number of rotatable bonds is 4. The Balaban J connectivity index is 2.08. The number of fused-ring (bicyclic) bond motifs is 1. The highest BCUT2D eigenvalue weighted by molar-refractivity contribution is 6.06. The van der Waals surface area contributed by atoms with Gasteiger partial charge in [-0.15, -0.1) is 0 Å². The fourth-order valence-corrected chi connectivity index (χ4v) is 2.77. The third-order valence-corrected chi connectivity index (χ3v) is 4.12. The predicted molar refractivity (Wildman–Crippen MR) is 113 cm³/mol. The SMILES string of the molecule is CC#CC(=O)Nc1ccc2ncc(C#N)c(Nc3cccc(N(C)C)c3)c2c1. The van der Waals surface area contributed by atoms with E-state index in [0.29, 0.717) is 22.5 Å². The van der Waals surface area contributed by atoms with Crippen molar-refractivity contribution in [3.05, 3.63) is 54.2 Å². The highest BCUT2D eigenvalue weighted by Crippen LogP contribution is 2.31. The Kier molecular flexibility index (Phi) is 5.43. The number of anilines is 4. The number of aromatic nitrogens is 1. The van der Waals surface area contributed by atoms with E-state index in [1.807, 2.05) is 43.3 Å². The Hall–Kier alpha value is -4.03. The van der Waals surface area contributed by atoms with Crippen molar-refractivity contribution in [3.63, 3.8) is 0 Å². The first-order chi connectivity index (χ1) is 13.5. The summed E-state index contributed by atoms with van der Waals surface area (Å²) in [6.45, 7) is 1.60. The van der Waals surface area contributed by atoms with Gasteiger partial charge in [-0.1, -0.05) is 12.0 Å². The number of carbonyl (C=O) groups is 1. The molecule has 0 fully saturated rings. The third-order valence-electron chi connectivity index (χ3n) is 4.12. The van der Waals surface area contributed by atoms with Gasteiger partial charge in [0.15, 0.2) is 0 Å². The van der Waals surface area contributed by atoms with E-state index >= 15 is 0 Å². The van der Waals surface area contributed by atoms with Gasteiger partial charge in [-0.3, -0.25) is 9.78 Å². The first kappa shape index (κ1) is 18.8. The van der Waals surface area contributed by atoms with Gasteiger partial charge in [0.05, 0.1) is 16.8 Å². The van der Waals surface area contributed by atoms with Crippen molar-refractivity contribution in [2.75, 3.05) is 29.6 Å². The Morgan fingerprint density at radius 2 is 1.96 bits per heavy atom. The lowest BCUT2D eigenvalue weighted by atomic mass is 10.1. The van der Waals surface area contributed by atoms with Gasteiger partial charge in [0, 0.05) is 42.7 Å². The number of hydrogen-bond acceptors (Lipinski definition) is 5. The zero-order valence-electron chi connectivity index (χ0n) is 15.9. The summed E-state index contributed by atoms with van der Waals surface area (Å²) >= 11 is 0. The van der Waals surface area contributed by atoms with Crippen LogP contribution < -0.4 is 15.5 Å². The first-order valence-corrected chi connectivity index (χ1v) is 8.63. The summed E-state index contributed by atoms with van der Waals surface area (Å²) in [5, 5.41) is 16.4. The molecule has 0 aliphatic carbocycles. The lowest BCUT2D eigenvalue weighted by Crippen LogP contribution is -2.09. The largest absolute Gasteiger partial charge is 0.378 e. The van der Waals surface area contributed by atoms with Crippen molar-refractivity contribution in [1.82, 2.24) is 4.98 Å². The minimum atomic E-state index is -0.389. The molecular weight excluding hydrogens is 350 g/mol. The number of nitriles is 1. The number of amides is 1. The molecular formula is C22H19N5O. The molecule has 138 valence electrons. The molecule has 0 bridgehead atoms. The van der Waals surface area contributed by atoms with E-state index in [-0.39, 0.29) is 5.91 Å². The van der Waals surface area contributed by atoms with E-state index in [4.69, 9.17) is 0 Å². The van der Waals surface area contributed by atoms with E-state index < -0.39 is 0 Å². The molecule has 6 nitrogen and oxygen atoms in total. The summed E-state index contributed by atoms with van der Waals surface area (Å²) < 4.78 is 0. The molecule has 0 atom stereocenters. The predicted octanol–water partition coefficient (Wildman–Crippen LogP) is 3.88. The minimum Gasteiger partial charge on any atom is -0.378 e. The van der Waals surface area contributed by atoms with Crippen LogP contribution >= 0.6 is 0 Å². The Labute approximate surface area is 163 Å². The summed E-state index contributed by atoms with van der Waals surface area (Å²) in [6.07, 6.45) is 1.54. The second-order valence-electron chi connectivity index (χ2n) is 6.29. The topological polar surface area (TPSA) is 81.0 Å². The van der Waals surface area contributed by atoms with Crippen molar-refractivity contribution < 1.29 is 4.79 Å². The summed E-state index contributed by atoms with van der Waals surface area (Å²) in [5.41, 5.74) is 4.24. The van der Waals surface area contributed by atoms with Crippen LogP contribution in [0.2, 0.25) is 0 Å². The number of hydrogen-bond donors (Lipinski definition) is 2. The Bertz CT molecular complexity index is 1150. The highest BCUT2D eigenvalue weighted by Gasteiger charge is 2.11. The van der Waals surface area contributed by atoms with E-state index in [1.165, 1.54) is 0 Å². The molecule has 0 aliphatic heterocycles. The molecule has 1 amide bonds. The number of benzene rings is 2. The fraction of sp³-hybridized carbons (Fsp3) is 0.136. The second kappa shape index (κ2) is 8.11. The zero-order chi connectivity index (χ0) is 20.1. The second-order valence-corrected chi connectivity index (χ2v) is 6.29. The van der Waals surface area contributed by atoms with E-state index in [1.54, 1.807) is 31.3 Å². The molecule has 0 radical (unpaired) electrons. The summed E-state index contributed by atoms with van der Waals surface area (Å²) in [4.78, 5) is 18.1. The molecule has 0 saturated heterocycles. The quantitative estimate of drug-likeness (QED) is 0.682. The first-order valence-electron chi connectivity index (χ1n) is 8.63. The van der Waals surface area contributed by atoms with Gasteiger partial charge in [-0.25, -0.2) is 0 Å². The molecule has 2 N–H and O–H groups in total. The molecule has 28 heavy (non-hydrogen) atoms. The molecule has 2 aromatic carbocycles. The molecule has 0 unspecified atom stereocenters. The normalized spacial score (nSPS) is 9.79. The molecule has 1 aromatic heterocycles. The van der Waals surface area contributed by atoms with Gasteiger partial charge >= 0.3 is 0 Å². The zero-order valence-corrected chi connectivity index (χ0v) is 15.9. The number of carbonyl (C=O) groups excluding carboxylic acids is 1. The van der Waals surface area contributed by atoms with Crippen LogP contribution in [0.15, 0.2) is 48.7 Å². The van der Waals surface area contributed by atoms with Crippen LogP contribution in [0, 0.1) is 23.2 Å². The van der Waals surface area contributed by atoms with E-state index in [2.05, 4.69) is 33.5 Å². The smallest absolute Gasteiger partial charge is 0.300 e. The Morgan fingerprint density at radius 1 is 1.14 bits per heavy atom. The van der Waals surface area contributed by atoms with E-state index in [0.717, 1.165) is 16.8 Å². The van der Waals surface area contributed by atoms with Crippen molar-refractivity contribution >= 4 is 39.6 Å². The summed E-state index contributed by atoms with van der Waals surface area (Å²) in [6, 6.07) is 15.4. The monoisotopic (exact) mass is 369 g/mol. The third kappa shape index (κ3) is 4.03. The fourth-order valence-electron chi connectivity index (χ4n) is 2.77. The molecule has 0 aliphatic rings. The van der Waals surface area contributed by atoms with Crippen LogP contribution in [-0.4, -0.2) is 25.0 Å². The molecule has 6 heteroatoms. The van der Waals surface area contributed by atoms with Crippen LogP contribution in [0.4, 0.5) is 22.7 Å². The van der Waals surface area contributed by atoms with Gasteiger partial charge in [-0.2, -0.15) is 5.26 Å². The van der Waals surface area contributed by atoms with E-state index in [9.17, 15) is 10.1 Å². The van der Waals surface area contributed by atoms with Crippen LogP contribution in [0.3, 0.4) is 0 Å². The standard InChI is InChI=1S/C22H19N5O/c1-4-6-21(28)25-17-9-10-20-19(12-17)22(15(13-23)14-24-20)26-16-7-5-8-18(11-16)27(2)3/h5,7-12,14H,1-3H3,(H,24,26)(H,25,28). The molecule has 0 saturated carbocycles. The lowest BCUT2D eigenvalue weighted by Gasteiger charge is -2.16. The minimum absolute atomic E-state index is 0.389. The van der Waals surface area contributed by atoms with Crippen LogP contribution in [-0.2, 0) is 4.79 Å². The summed E-state index contributed by atoms with van der Waals surface area (Å²) in [7, 11) is 3.94. The van der Waals surface area contributed by atoms with Crippen LogP contribution in [0.25, 0.3) is 10.9 Å². The summed E-state index contributed by atoms with van der Waals surface area (Å²) in [5.74, 6) is 4.63. The molecule has 0 spiro atoms. The maximum absolute atomic E-state index is 11.8. The maximum atomic E-state index is 11.8. The Morgan fingerprint density at radius 3 is 2.68 bits per heavy atom. The lowest BCUT2D eigenvalue weighted by molar-refractivity contribution is -0.111. The average Bonchev–Trinajstić information content (AvgIpc) is 2.68. The number of pyridine rings is 1. The number of nitrogens with zero attached hydrogens (tertiary/aromatic N) is 3. The van der Waals surface area contributed by atoms with Crippen LogP contribution in [0.1, 0.15) is 12.5 Å². The van der Waals surface area contributed by atoms with Gasteiger partial charge in [0.2, 0.25) is 0 Å². The van der Waals surface area contributed by atoms with Crippen molar-refractivity contribution in [2.24, 2.45) is 0 Å². The van der Waals surface area contributed by atoms with Gasteiger partial charge in [0.25, 0.3) is 5.91 Å². The van der Waals surface area contributed by atoms with Gasteiger partial charge in [-0.05, 0) is 49.2 Å². The highest BCUT2D eigenvalue weighted by atomic mass is 16.1. The van der Waals surface area contributed by atoms with Crippen molar-refractivity contribution in [1.29, 1.82) is 5.26 Å². The van der Waals surface area contributed by atoms with Gasteiger partial charge < -0.3 is 15.5 Å². The molecule has 3 aromatic rings. The maximum Gasteiger partial charge on any atom is 0.300 e. The average molecular weight is 369 g/mol. The van der Waals surface area contributed by atoms with Crippen molar-refractivity contribution in [2.45, 2.75) is 6.92 Å². The van der Waals surface area contributed by atoms with Crippen molar-refractivity contribution in [3.8, 4) is 17.9 Å².